The molecular formula is C14H12BrF2NO. The first-order valence-electron chi connectivity index (χ1n) is 5.66. The topological polar surface area (TPSA) is 35.2 Å². The molecule has 0 bridgehead atoms. The summed E-state index contributed by atoms with van der Waals surface area (Å²) in [6.07, 6.45) is 0. The smallest absolute Gasteiger partial charge is 0.167 e. The first-order chi connectivity index (χ1) is 8.99. The quantitative estimate of drug-likeness (QED) is 0.898. The first kappa shape index (κ1) is 14.0. The van der Waals surface area contributed by atoms with Crippen molar-refractivity contribution in [2.75, 3.05) is 0 Å². The molecule has 0 aromatic heterocycles. The molecule has 1 atom stereocenters. The maximum Gasteiger partial charge on any atom is 0.167 e. The van der Waals surface area contributed by atoms with Crippen LogP contribution in [0.1, 0.15) is 18.5 Å². The maximum absolute atomic E-state index is 13.8. The highest BCUT2D eigenvalue weighted by molar-refractivity contribution is 9.10. The molecule has 2 aromatic carbocycles. The van der Waals surface area contributed by atoms with Gasteiger partial charge < -0.3 is 10.5 Å². The molecular weight excluding hydrogens is 316 g/mol. The SMILES string of the molecule is C[C@H](N)c1cccc(F)c1Oc1cc(Br)ccc1F. The molecule has 0 aliphatic carbocycles. The molecule has 0 aliphatic heterocycles. The second kappa shape index (κ2) is 5.67. The van der Waals surface area contributed by atoms with Gasteiger partial charge in [0.15, 0.2) is 23.1 Å². The lowest BCUT2D eigenvalue weighted by atomic mass is 10.1. The molecule has 0 aliphatic rings. The molecule has 2 rings (SSSR count). The largest absolute Gasteiger partial charge is 0.451 e. The number of hydrogen-bond acceptors (Lipinski definition) is 2. The van der Waals surface area contributed by atoms with E-state index in [1.54, 1.807) is 13.0 Å². The zero-order valence-electron chi connectivity index (χ0n) is 10.2. The van der Waals surface area contributed by atoms with Crippen LogP contribution in [-0.2, 0) is 0 Å². The van der Waals surface area contributed by atoms with E-state index >= 15 is 0 Å². The molecule has 2 N–H and O–H groups in total. The predicted octanol–water partition coefficient (Wildman–Crippen LogP) is 4.54. The van der Waals surface area contributed by atoms with Crippen LogP contribution in [0.3, 0.4) is 0 Å². The Balaban J connectivity index is 2.46. The lowest BCUT2D eigenvalue weighted by Gasteiger charge is -2.15. The van der Waals surface area contributed by atoms with E-state index in [1.165, 1.54) is 30.3 Å². The van der Waals surface area contributed by atoms with Crippen LogP contribution in [-0.4, -0.2) is 0 Å². The molecule has 0 saturated carbocycles. The Morgan fingerprint density at radius 1 is 1.16 bits per heavy atom. The third kappa shape index (κ3) is 3.11. The summed E-state index contributed by atoms with van der Waals surface area (Å²) in [5.41, 5.74) is 6.24. The fourth-order valence-corrected chi connectivity index (χ4v) is 2.00. The summed E-state index contributed by atoms with van der Waals surface area (Å²) in [6, 6.07) is 8.24. The van der Waals surface area contributed by atoms with E-state index in [9.17, 15) is 8.78 Å². The normalized spacial score (nSPS) is 12.3. The highest BCUT2D eigenvalue weighted by Gasteiger charge is 2.15. The van der Waals surface area contributed by atoms with Crippen molar-refractivity contribution >= 4 is 15.9 Å². The second-order valence-electron chi connectivity index (χ2n) is 4.12. The summed E-state index contributed by atoms with van der Waals surface area (Å²) < 4.78 is 33.4. The van der Waals surface area contributed by atoms with Gasteiger partial charge in [0, 0.05) is 16.1 Å². The number of hydrogen-bond donors (Lipinski definition) is 1. The average Bonchev–Trinajstić information content (AvgIpc) is 2.35. The monoisotopic (exact) mass is 327 g/mol. The van der Waals surface area contributed by atoms with E-state index in [1.807, 2.05) is 0 Å². The highest BCUT2D eigenvalue weighted by Crippen LogP contribution is 2.33. The van der Waals surface area contributed by atoms with Gasteiger partial charge in [0.1, 0.15) is 0 Å². The van der Waals surface area contributed by atoms with Crippen LogP contribution < -0.4 is 10.5 Å². The van der Waals surface area contributed by atoms with Gasteiger partial charge >= 0.3 is 0 Å². The molecule has 0 spiro atoms. The zero-order valence-corrected chi connectivity index (χ0v) is 11.7. The Kier molecular flexibility index (Phi) is 4.17. The summed E-state index contributed by atoms with van der Waals surface area (Å²) >= 11 is 3.21. The van der Waals surface area contributed by atoms with Crippen LogP contribution >= 0.6 is 15.9 Å². The van der Waals surface area contributed by atoms with Crippen LogP contribution in [0.15, 0.2) is 40.9 Å². The molecule has 0 radical (unpaired) electrons. The number of rotatable bonds is 3. The van der Waals surface area contributed by atoms with Crippen LogP contribution in [0.2, 0.25) is 0 Å². The predicted molar refractivity (Wildman–Crippen MR) is 73.2 cm³/mol. The lowest BCUT2D eigenvalue weighted by molar-refractivity contribution is 0.407. The van der Waals surface area contributed by atoms with Crippen molar-refractivity contribution in [1.82, 2.24) is 0 Å². The number of ether oxygens (including phenoxy) is 1. The van der Waals surface area contributed by atoms with Gasteiger partial charge in [-0.15, -0.1) is 0 Å². The lowest BCUT2D eigenvalue weighted by Crippen LogP contribution is -2.08. The van der Waals surface area contributed by atoms with E-state index in [0.717, 1.165) is 0 Å². The molecule has 0 heterocycles. The molecule has 5 heteroatoms. The summed E-state index contributed by atoms with van der Waals surface area (Å²) in [7, 11) is 0. The molecule has 0 saturated heterocycles. The molecule has 2 nitrogen and oxygen atoms in total. The molecule has 0 amide bonds. The van der Waals surface area contributed by atoms with Crippen molar-refractivity contribution in [3.8, 4) is 11.5 Å². The summed E-state index contributed by atoms with van der Waals surface area (Å²) in [5.74, 6) is -1.24. The van der Waals surface area contributed by atoms with Crippen LogP contribution in [0.5, 0.6) is 11.5 Å². The summed E-state index contributed by atoms with van der Waals surface area (Å²) in [6.45, 7) is 1.71. The van der Waals surface area contributed by atoms with Crippen molar-refractivity contribution in [1.29, 1.82) is 0 Å². The Morgan fingerprint density at radius 2 is 1.89 bits per heavy atom. The van der Waals surface area contributed by atoms with Gasteiger partial charge in [-0.3, -0.25) is 0 Å². The first-order valence-corrected chi connectivity index (χ1v) is 6.45. The minimum absolute atomic E-state index is 0.0468. The Morgan fingerprint density at radius 3 is 2.58 bits per heavy atom. The van der Waals surface area contributed by atoms with E-state index < -0.39 is 17.7 Å². The Bertz CT molecular complexity index is 602. The summed E-state index contributed by atoms with van der Waals surface area (Å²) in [4.78, 5) is 0. The number of halogens is 3. The van der Waals surface area contributed by atoms with Crippen LogP contribution in [0.4, 0.5) is 8.78 Å². The van der Waals surface area contributed by atoms with E-state index in [4.69, 9.17) is 10.5 Å². The van der Waals surface area contributed by atoms with Gasteiger partial charge in [0.25, 0.3) is 0 Å². The minimum Gasteiger partial charge on any atom is -0.451 e. The Labute approximate surface area is 118 Å². The fourth-order valence-electron chi connectivity index (χ4n) is 1.66. The van der Waals surface area contributed by atoms with Crippen molar-refractivity contribution < 1.29 is 13.5 Å². The third-order valence-electron chi connectivity index (χ3n) is 2.59. The van der Waals surface area contributed by atoms with Crippen LogP contribution in [0, 0.1) is 11.6 Å². The number of para-hydroxylation sites is 1. The van der Waals surface area contributed by atoms with Crippen LogP contribution in [0.25, 0.3) is 0 Å². The van der Waals surface area contributed by atoms with Crippen molar-refractivity contribution in [3.05, 3.63) is 58.1 Å². The molecule has 2 aromatic rings. The van der Waals surface area contributed by atoms with Gasteiger partial charge in [0.2, 0.25) is 0 Å². The van der Waals surface area contributed by atoms with Gasteiger partial charge in [-0.2, -0.15) is 0 Å². The fraction of sp³-hybridized carbons (Fsp3) is 0.143. The van der Waals surface area contributed by atoms with E-state index in [0.29, 0.717) is 10.0 Å². The Hall–Kier alpha value is -1.46. The molecule has 0 fully saturated rings. The van der Waals surface area contributed by atoms with Gasteiger partial charge in [0.05, 0.1) is 0 Å². The highest BCUT2D eigenvalue weighted by atomic mass is 79.9. The van der Waals surface area contributed by atoms with E-state index in [2.05, 4.69) is 15.9 Å². The molecule has 100 valence electrons. The number of benzene rings is 2. The second-order valence-corrected chi connectivity index (χ2v) is 5.04. The maximum atomic E-state index is 13.8. The van der Waals surface area contributed by atoms with E-state index in [-0.39, 0.29) is 11.5 Å². The van der Waals surface area contributed by atoms with Gasteiger partial charge in [-0.1, -0.05) is 28.1 Å². The van der Waals surface area contributed by atoms with Crippen molar-refractivity contribution in [2.45, 2.75) is 13.0 Å². The van der Waals surface area contributed by atoms with Gasteiger partial charge in [-0.25, -0.2) is 8.78 Å². The van der Waals surface area contributed by atoms with Crippen molar-refractivity contribution in [3.63, 3.8) is 0 Å². The minimum atomic E-state index is -0.575. The summed E-state index contributed by atoms with van der Waals surface area (Å²) in [5, 5.41) is 0. The average molecular weight is 328 g/mol. The molecule has 19 heavy (non-hydrogen) atoms. The van der Waals surface area contributed by atoms with Crippen molar-refractivity contribution in [2.24, 2.45) is 5.73 Å². The zero-order chi connectivity index (χ0) is 14.0. The molecule has 0 unspecified atom stereocenters. The van der Waals surface area contributed by atoms with Gasteiger partial charge in [-0.05, 0) is 31.2 Å². The third-order valence-corrected chi connectivity index (χ3v) is 3.09. The standard InChI is InChI=1S/C14H12BrF2NO/c1-8(18)10-3-2-4-12(17)14(10)19-13-7-9(15)5-6-11(13)16/h2-8H,18H2,1H3/t8-/m0/s1. The number of nitrogens with two attached hydrogens (primary N) is 1.